The van der Waals surface area contributed by atoms with Crippen LogP contribution in [0.4, 0.5) is 4.79 Å². The number of amides is 2. The van der Waals surface area contributed by atoms with Crippen LogP contribution < -0.4 is 11.5 Å². The van der Waals surface area contributed by atoms with E-state index in [1.807, 2.05) is 25.4 Å². The Hall–Kier alpha value is -2.32. The van der Waals surface area contributed by atoms with Gasteiger partial charge in [0, 0.05) is 37.2 Å². The maximum atomic E-state index is 12.0. The van der Waals surface area contributed by atoms with Crippen LogP contribution in [0.25, 0.3) is 5.57 Å². The fourth-order valence-corrected chi connectivity index (χ4v) is 3.43. The first kappa shape index (κ1) is 21.4. The molecule has 9 heteroatoms. The Kier molecular flexibility index (Phi) is 6.64. The third kappa shape index (κ3) is 5.19. The summed E-state index contributed by atoms with van der Waals surface area (Å²) in [5.74, 6) is 0. The molecular weight excluding hydrogens is 413 g/mol. The summed E-state index contributed by atoms with van der Waals surface area (Å²) in [6.45, 7) is 0.883. The minimum Gasteiger partial charge on any atom is -0.377 e. The fourth-order valence-electron chi connectivity index (χ4n) is 3.11. The molecule has 29 heavy (non-hydrogen) atoms. The number of halogens is 2. The van der Waals surface area contributed by atoms with Crippen molar-refractivity contribution in [2.75, 3.05) is 6.61 Å². The molecule has 0 unspecified atom stereocenters. The van der Waals surface area contributed by atoms with E-state index in [1.165, 1.54) is 4.90 Å². The molecule has 2 amide bonds. The molecule has 0 aliphatic carbocycles. The largest absolute Gasteiger partial charge is 0.377 e. The van der Waals surface area contributed by atoms with Gasteiger partial charge in [0.05, 0.1) is 22.8 Å². The number of urea groups is 1. The highest BCUT2D eigenvalue weighted by Crippen LogP contribution is 2.29. The highest BCUT2D eigenvalue weighted by Gasteiger charge is 2.34. The van der Waals surface area contributed by atoms with Gasteiger partial charge in [-0.3, -0.25) is 9.58 Å². The van der Waals surface area contributed by atoms with Crippen molar-refractivity contribution < 1.29 is 9.53 Å². The molecule has 0 saturated carbocycles. The first-order valence-electron chi connectivity index (χ1n) is 9.08. The molecule has 0 fully saturated rings. The average Bonchev–Trinajstić information content (AvgIpc) is 3.10. The number of nitrogens with two attached hydrogens (primary N) is 2. The molecule has 1 aliphatic heterocycles. The topological polar surface area (TPSA) is 99.4 Å². The molecule has 2 heterocycles. The van der Waals surface area contributed by atoms with Gasteiger partial charge >= 0.3 is 6.03 Å². The van der Waals surface area contributed by atoms with Crippen molar-refractivity contribution in [3.05, 3.63) is 70.1 Å². The van der Waals surface area contributed by atoms with Gasteiger partial charge in [-0.2, -0.15) is 5.10 Å². The van der Waals surface area contributed by atoms with Crippen molar-refractivity contribution in [3.63, 3.8) is 0 Å². The number of nitrogens with zero attached hydrogens (tertiary/aromatic N) is 3. The number of primary amides is 1. The third-order valence-electron chi connectivity index (χ3n) is 4.66. The summed E-state index contributed by atoms with van der Waals surface area (Å²) in [5, 5.41) is 5.15. The van der Waals surface area contributed by atoms with Gasteiger partial charge < -0.3 is 16.2 Å². The second-order valence-corrected chi connectivity index (χ2v) is 7.74. The van der Waals surface area contributed by atoms with Crippen molar-refractivity contribution in [2.45, 2.75) is 25.1 Å². The van der Waals surface area contributed by atoms with Crippen LogP contribution in [-0.2, 0) is 18.4 Å². The number of ether oxygens (including phenoxy) is 1. The van der Waals surface area contributed by atoms with Crippen LogP contribution in [-0.4, -0.2) is 33.0 Å². The van der Waals surface area contributed by atoms with Crippen LogP contribution in [0.3, 0.4) is 0 Å². The lowest BCUT2D eigenvalue weighted by Crippen LogP contribution is -2.57. The Morgan fingerprint density at radius 3 is 2.76 bits per heavy atom. The van der Waals surface area contributed by atoms with Gasteiger partial charge in [0.25, 0.3) is 0 Å². The van der Waals surface area contributed by atoms with Gasteiger partial charge in [0.1, 0.15) is 5.66 Å². The summed E-state index contributed by atoms with van der Waals surface area (Å²) in [6, 6.07) is 4.76. The SMILES string of the molecule is Cn1cc(C2=CN(C(N)=O)[C@@](N)(CCCOCc3ccc(Cl)c(Cl)c3)C=C2)cn1. The van der Waals surface area contributed by atoms with E-state index in [0.717, 1.165) is 16.7 Å². The lowest BCUT2D eigenvalue weighted by Gasteiger charge is -2.38. The van der Waals surface area contributed by atoms with Crippen molar-refractivity contribution in [3.8, 4) is 0 Å². The lowest BCUT2D eigenvalue weighted by molar-refractivity contribution is 0.105. The minimum atomic E-state index is -1.01. The molecule has 0 spiro atoms. The van der Waals surface area contributed by atoms with E-state index in [0.29, 0.717) is 36.1 Å². The third-order valence-corrected chi connectivity index (χ3v) is 5.40. The van der Waals surface area contributed by atoms with Gasteiger partial charge in [-0.05, 0) is 36.6 Å². The number of allylic oxidation sites excluding steroid dienone is 2. The smallest absolute Gasteiger partial charge is 0.320 e. The quantitative estimate of drug-likeness (QED) is 0.647. The number of carbonyl (C=O) groups excluding carboxylic acids is 1. The van der Waals surface area contributed by atoms with Crippen LogP contribution >= 0.6 is 23.2 Å². The minimum absolute atomic E-state index is 0.412. The van der Waals surface area contributed by atoms with Gasteiger partial charge in [-0.25, -0.2) is 4.79 Å². The van der Waals surface area contributed by atoms with Gasteiger partial charge in [0.2, 0.25) is 0 Å². The number of rotatable bonds is 7. The molecule has 0 saturated heterocycles. The van der Waals surface area contributed by atoms with Crippen LogP contribution in [0.5, 0.6) is 0 Å². The molecule has 154 valence electrons. The highest BCUT2D eigenvalue weighted by atomic mass is 35.5. The Morgan fingerprint density at radius 1 is 1.31 bits per heavy atom. The van der Waals surface area contributed by atoms with Crippen LogP contribution in [0, 0.1) is 0 Å². The van der Waals surface area contributed by atoms with Gasteiger partial charge in [-0.15, -0.1) is 0 Å². The van der Waals surface area contributed by atoms with Crippen LogP contribution in [0.2, 0.25) is 10.0 Å². The maximum absolute atomic E-state index is 12.0. The summed E-state index contributed by atoms with van der Waals surface area (Å²) < 4.78 is 7.39. The number of aromatic nitrogens is 2. The molecule has 1 aliphatic rings. The number of aryl methyl sites for hydroxylation is 1. The monoisotopic (exact) mass is 435 g/mol. The zero-order valence-electron chi connectivity index (χ0n) is 16.0. The molecule has 1 aromatic carbocycles. The second-order valence-electron chi connectivity index (χ2n) is 6.92. The van der Waals surface area contributed by atoms with E-state index in [-0.39, 0.29) is 0 Å². The molecular formula is C20H23Cl2N5O2. The highest BCUT2D eigenvalue weighted by molar-refractivity contribution is 6.42. The number of hydrogen-bond donors (Lipinski definition) is 2. The number of carbonyl (C=O) groups is 1. The molecule has 1 aromatic heterocycles. The molecule has 0 radical (unpaired) electrons. The molecule has 3 rings (SSSR count). The molecule has 0 bridgehead atoms. The first-order chi connectivity index (χ1) is 13.8. The Bertz CT molecular complexity index is 956. The molecule has 2 aromatic rings. The van der Waals surface area contributed by atoms with Crippen molar-refractivity contribution in [2.24, 2.45) is 18.5 Å². The van der Waals surface area contributed by atoms with Crippen molar-refractivity contribution >= 4 is 34.8 Å². The van der Waals surface area contributed by atoms with Crippen LogP contribution in [0.15, 0.2) is 48.9 Å². The Morgan fingerprint density at radius 2 is 2.10 bits per heavy atom. The lowest BCUT2D eigenvalue weighted by atomic mass is 9.96. The predicted octanol–water partition coefficient (Wildman–Crippen LogP) is 3.67. The first-order valence-corrected chi connectivity index (χ1v) is 9.83. The fraction of sp³-hybridized carbons (Fsp3) is 0.300. The normalized spacial score (nSPS) is 18.8. The van der Waals surface area contributed by atoms with E-state index in [1.54, 1.807) is 35.3 Å². The molecule has 4 N–H and O–H groups in total. The van der Waals surface area contributed by atoms with E-state index < -0.39 is 11.7 Å². The summed E-state index contributed by atoms with van der Waals surface area (Å²) in [5.41, 5.74) is 13.7. The van der Waals surface area contributed by atoms with E-state index in [2.05, 4.69) is 5.10 Å². The zero-order chi connectivity index (χ0) is 21.0. The molecule has 7 nitrogen and oxygen atoms in total. The Labute approximate surface area is 179 Å². The molecule has 1 atom stereocenters. The predicted molar refractivity (Wildman–Crippen MR) is 114 cm³/mol. The van der Waals surface area contributed by atoms with Gasteiger partial charge in [-0.1, -0.05) is 35.3 Å². The van der Waals surface area contributed by atoms with Crippen molar-refractivity contribution in [1.29, 1.82) is 0 Å². The number of hydrogen-bond acceptors (Lipinski definition) is 4. The average molecular weight is 436 g/mol. The Balaban J connectivity index is 1.56. The zero-order valence-corrected chi connectivity index (χ0v) is 17.5. The van der Waals surface area contributed by atoms with E-state index >= 15 is 0 Å². The van der Waals surface area contributed by atoms with Crippen molar-refractivity contribution in [1.82, 2.24) is 14.7 Å². The number of benzene rings is 1. The van der Waals surface area contributed by atoms with Gasteiger partial charge in [0.15, 0.2) is 0 Å². The summed E-state index contributed by atoms with van der Waals surface area (Å²) >= 11 is 11.9. The summed E-state index contributed by atoms with van der Waals surface area (Å²) in [6.07, 6.45) is 10.0. The second kappa shape index (κ2) is 9.00. The van der Waals surface area contributed by atoms with E-state index in [9.17, 15) is 4.79 Å². The summed E-state index contributed by atoms with van der Waals surface area (Å²) in [7, 11) is 1.83. The van der Waals surface area contributed by atoms with E-state index in [4.69, 9.17) is 39.4 Å². The maximum Gasteiger partial charge on any atom is 0.320 e. The van der Waals surface area contributed by atoms with Crippen LogP contribution in [0.1, 0.15) is 24.0 Å². The standard InChI is InChI=1S/C20H23Cl2N5O2/c1-26-11-16(10-25-26)15-5-7-20(24,27(12-15)19(23)28)6-2-8-29-13-14-3-4-17(21)18(22)9-14/h3-5,7,9-12H,2,6,8,13,24H2,1H3,(H2,23,28)/t20-/m0/s1. The summed E-state index contributed by atoms with van der Waals surface area (Å²) in [4.78, 5) is 13.4.